The summed E-state index contributed by atoms with van der Waals surface area (Å²) >= 11 is 0. The van der Waals surface area contributed by atoms with Crippen molar-refractivity contribution in [3.63, 3.8) is 0 Å². The lowest BCUT2D eigenvalue weighted by Crippen LogP contribution is -2.42. The molecule has 9 heteroatoms. The molecule has 0 amide bonds. The first-order valence-corrected chi connectivity index (χ1v) is 10.6. The highest BCUT2D eigenvalue weighted by Crippen LogP contribution is 2.27. The molecule has 2 aromatic rings. The maximum Gasteiger partial charge on any atom is 0.232 e. The lowest BCUT2D eigenvalue weighted by Gasteiger charge is -2.29. The molecule has 1 aromatic heterocycles. The van der Waals surface area contributed by atoms with Gasteiger partial charge in [0.15, 0.2) is 11.8 Å². The van der Waals surface area contributed by atoms with Gasteiger partial charge in [-0.1, -0.05) is 38.1 Å². The van der Waals surface area contributed by atoms with Gasteiger partial charge in [0.2, 0.25) is 5.89 Å². The molecule has 1 saturated heterocycles. The van der Waals surface area contributed by atoms with E-state index in [2.05, 4.69) is 63.6 Å². The second-order valence-corrected chi connectivity index (χ2v) is 8.61. The molecular formula is C22H35IN6O2. The van der Waals surface area contributed by atoms with Crippen molar-refractivity contribution in [3.05, 3.63) is 41.5 Å². The molecule has 2 N–H and O–H groups in total. The largest absolute Gasteiger partial charge is 0.497 e. The summed E-state index contributed by atoms with van der Waals surface area (Å²) in [5.74, 6) is 2.84. The minimum atomic E-state index is -0.162. The number of aliphatic imine (C=N–C) groups is 1. The number of ether oxygens (including phenoxy) is 1. The van der Waals surface area contributed by atoms with Crippen LogP contribution in [0.2, 0.25) is 0 Å². The molecule has 0 aliphatic carbocycles. The minimum absolute atomic E-state index is 0. The number of halogens is 1. The molecule has 3 rings (SSSR count). The fourth-order valence-electron chi connectivity index (χ4n) is 3.57. The molecule has 0 spiro atoms. The van der Waals surface area contributed by atoms with E-state index in [4.69, 9.17) is 9.26 Å². The number of hydrogen-bond donors (Lipinski definition) is 2. The number of nitrogens with zero attached hydrogens (tertiary/aromatic N) is 4. The molecule has 0 radical (unpaired) electrons. The number of aromatic nitrogens is 2. The highest BCUT2D eigenvalue weighted by Gasteiger charge is 2.24. The first-order valence-electron chi connectivity index (χ1n) is 10.6. The van der Waals surface area contributed by atoms with Crippen LogP contribution >= 0.6 is 24.0 Å². The summed E-state index contributed by atoms with van der Waals surface area (Å²) in [6.07, 6.45) is 2.47. The summed E-state index contributed by atoms with van der Waals surface area (Å²) in [5.41, 5.74) is 1.08. The zero-order chi connectivity index (χ0) is 21.6. The van der Waals surface area contributed by atoms with E-state index in [1.165, 1.54) is 18.4 Å². The van der Waals surface area contributed by atoms with Crippen LogP contribution in [0, 0.1) is 0 Å². The Hall–Kier alpha value is -1.88. The summed E-state index contributed by atoms with van der Waals surface area (Å²) < 4.78 is 10.8. The number of guanidine groups is 1. The van der Waals surface area contributed by atoms with Gasteiger partial charge in [0.25, 0.3) is 0 Å². The zero-order valence-electron chi connectivity index (χ0n) is 19.1. The first kappa shape index (κ1) is 25.4. The molecule has 31 heavy (non-hydrogen) atoms. The van der Waals surface area contributed by atoms with Gasteiger partial charge in [-0.05, 0) is 43.6 Å². The summed E-state index contributed by atoms with van der Waals surface area (Å²) in [5, 5.41) is 10.8. The summed E-state index contributed by atoms with van der Waals surface area (Å²) in [6, 6.07) is 8.56. The maximum atomic E-state index is 5.43. The Morgan fingerprint density at radius 2 is 2.00 bits per heavy atom. The second-order valence-electron chi connectivity index (χ2n) is 8.61. The Labute approximate surface area is 202 Å². The lowest BCUT2D eigenvalue weighted by molar-refractivity contribution is 0.245. The van der Waals surface area contributed by atoms with Crippen molar-refractivity contribution in [2.75, 3.05) is 33.8 Å². The van der Waals surface area contributed by atoms with E-state index in [1.54, 1.807) is 14.2 Å². The molecule has 8 nitrogen and oxygen atoms in total. The van der Waals surface area contributed by atoms with Gasteiger partial charge in [-0.25, -0.2) is 0 Å². The monoisotopic (exact) mass is 542 g/mol. The quantitative estimate of drug-likeness (QED) is 0.315. The van der Waals surface area contributed by atoms with E-state index in [-0.39, 0.29) is 35.4 Å². The van der Waals surface area contributed by atoms with Crippen LogP contribution in [-0.2, 0) is 12.0 Å². The van der Waals surface area contributed by atoms with Crippen LogP contribution in [-0.4, -0.2) is 54.8 Å². The van der Waals surface area contributed by atoms with Crippen molar-refractivity contribution in [1.82, 2.24) is 25.7 Å². The van der Waals surface area contributed by atoms with Gasteiger partial charge in [-0.15, -0.1) is 24.0 Å². The fraction of sp³-hybridized carbons (Fsp3) is 0.591. The molecule has 1 aliphatic rings. The van der Waals surface area contributed by atoms with Crippen LogP contribution in [0.1, 0.15) is 56.9 Å². The Morgan fingerprint density at radius 3 is 2.61 bits per heavy atom. The Bertz CT molecular complexity index is 843. The van der Waals surface area contributed by atoms with Crippen molar-refractivity contribution in [1.29, 1.82) is 0 Å². The van der Waals surface area contributed by atoms with E-state index in [9.17, 15) is 0 Å². The van der Waals surface area contributed by atoms with Gasteiger partial charge >= 0.3 is 0 Å². The maximum absolute atomic E-state index is 5.43. The Balaban J connectivity index is 0.00000341. The highest BCUT2D eigenvalue weighted by atomic mass is 127. The second kappa shape index (κ2) is 11.7. The Morgan fingerprint density at radius 1 is 1.26 bits per heavy atom. The number of likely N-dealkylation sites (tertiary alicyclic amines) is 1. The molecular weight excluding hydrogens is 507 g/mol. The fourth-order valence-corrected chi connectivity index (χ4v) is 3.57. The van der Waals surface area contributed by atoms with Gasteiger partial charge in [-0.2, -0.15) is 4.98 Å². The molecule has 1 aromatic carbocycles. The minimum Gasteiger partial charge on any atom is -0.497 e. The number of hydrogen-bond acceptors (Lipinski definition) is 6. The third kappa shape index (κ3) is 7.06. The predicted octanol–water partition coefficient (Wildman–Crippen LogP) is 3.50. The number of nitrogens with one attached hydrogen (secondary N) is 2. The van der Waals surface area contributed by atoms with Crippen molar-refractivity contribution in [2.45, 2.75) is 51.6 Å². The summed E-state index contributed by atoms with van der Waals surface area (Å²) in [6.45, 7) is 9.56. The van der Waals surface area contributed by atoms with Crippen LogP contribution in [0.15, 0.2) is 33.8 Å². The van der Waals surface area contributed by atoms with Crippen LogP contribution in [0.3, 0.4) is 0 Å². The lowest BCUT2D eigenvalue weighted by atomic mass is 9.97. The smallest absolute Gasteiger partial charge is 0.232 e. The molecule has 172 valence electrons. The zero-order valence-corrected chi connectivity index (χ0v) is 21.5. The molecule has 2 heterocycles. The predicted molar refractivity (Wildman–Crippen MR) is 133 cm³/mol. The van der Waals surface area contributed by atoms with Gasteiger partial charge in [0, 0.05) is 19.0 Å². The van der Waals surface area contributed by atoms with E-state index in [0.29, 0.717) is 24.2 Å². The number of methoxy groups -OCH3 is 1. The molecule has 1 aliphatic heterocycles. The average molecular weight is 542 g/mol. The molecule has 1 unspecified atom stereocenters. The standard InChI is InChI=1S/C22H34N6O2.HI/c1-22(2,3)20-26-19(27-30-20)15-25-21(23-4)24-14-18(28-11-6-7-12-28)16-9-8-10-17(13-16)29-5;/h8-10,13,18H,6-7,11-12,14-15H2,1-5H3,(H2,23,24,25);1H. The molecule has 1 atom stereocenters. The van der Waals surface area contributed by atoms with Crippen molar-refractivity contribution < 1.29 is 9.26 Å². The summed E-state index contributed by atoms with van der Waals surface area (Å²) in [4.78, 5) is 11.3. The SMILES string of the molecule is CN=C(NCc1noc(C(C)(C)C)n1)NCC(c1cccc(OC)c1)N1CCCC1.I. The van der Waals surface area contributed by atoms with E-state index < -0.39 is 0 Å². The van der Waals surface area contributed by atoms with Crippen molar-refractivity contribution in [2.24, 2.45) is 4.99 Å². The van der Waals surface area contributed by atoms with Gasteiger partial charge < -0.3 is 19.9 Å². The van der Waals surface area contributed by atoms with Crippen LogP contribution < -0.4 is 15.4 Å². The van der Waals surface area contributed by atoms with E-state index in [0.717, 1.165) is 25.4 Å². The highest BCUT2D eigenvalue weighted by molar-refractivity contribution is 14.0. The third-order valence-electron chi connectivity index (χ3n) is 5.27. The van der Waals surface area contributed by atoms with Crippen LogP contribution in [0.25, 0.3) is 0 Å². The van der Waals surface area contributed by atoms with Crippen LogP contribution in [0.5, 0.6) is 5.75 Å². The normalized spacial score (nSPS) is 16.0. The molecule has 1 fully saturated rings. The van der Waals surface area contributed by atoms with Gasteiger partial charge in [0.1, 0.15) is 5.75 Å². The van der Waals surface area contributed by atoms with E-state index >= 15 is 0 Å². The van der Waals surface area contributed by atoms with Crippen molar-refractivity contribution >= 4 is 29.9 Å². The van der Waals surface area contributed by atoms with Gasteiger partial charge in [-0.3, -0.25) is 9.89 Å². The van der Waals surface area contributed by atoms with Crippen LogP contribution in [0.4, 0.5) is 0 Å². The summed E-state index contributed by atoms with van der Waals surface area (Å²) in [7, 11) is 3.47. The Kier molecular flexibility index (Phi) is 9.54. The number of benzene rings is 1. The third-order valence-corrected chi connectivity index (χ3v) is 5.27. The van der Waals surface area contributed by atoms with Gasteiger partial charge in [0.05, 0.1) is 19.7 Å². The topological polar surface area (TPSA) is 87.8 Å². The first-order chi connectivity index (χ1) is 14.4. The molecule has 0 bridgehead atoms. The molecule has 0 saturated carbocycles. The van der Waals surface area contributed by atoms with E-state index in [1.807, 2.05) is 12.1 Å². The number of rotatable bonds is 7. The van der Waals surface area contributed by atoms with Crippen molar-refractivity contribution in [3.8, 4) is 5.75 Å². The average Bonchev–Trinajstić information content (AvgIpc) is 3.42.